The predicted molar refractivity (Wildman–Crippen MR) is 131 cm³/mol. The van der Waals surface area contributed by atoms with Crippen LogP contribution in [0.4, 0.5) is 4.39 Å². The summed E-state index contributed by atoms with van der Waals surface area (Å²) in [5.74, 6) is 0.0499. The topological polar surface area (TPSA) is 103 Å². The van der Waals surface area contributed by atoms with E-state index in [1.54, 1.807) is 6.92 Å². The van der Waals surface area contributed by atoms with E-state index in [1.807, 2.05) is 20.8 Å². The minimum absolute atomic E-state index is 0.00429. The summed E-state index contributed by atoms with van der Waals surface area (Å²) in [6.07, 6.45) is 0.344. The lowest BCUT2D eigenvalue weighted by Crippen LogP contribution is -2.49. The van der Waals surface area contributed by atoms with Crippen molar-refractivity contribution < 1.29 is 18.1 Å². The molecule has 0 amide bonds. The van der Waals surface area contributed by atoms with Crippen LogP contribution >= 0.6 is 0 Å². The molecule has 1 aliphatic heterocycles. The number of fused-ring (bicyclic) bond motifs is 1. The first kappa shape index (κ1) is 26.7. The molecule has 178 valence electrons. The molecule has 1 aliphatic rings. The maximum atomic E-state index is 14.5. The van der Waals surface area contributed by atoms with Crippen molar-refractivity contribution in [3.05, 3.63) is 39.5 Å². The normalized spacial score (nSPS) is 20.4. The summed E-state index contributed by atoms with van der Waals surface area (Å²) >= 11 is -1.50. The molecule has 10 heteroatoms. The van der Waals surface area contributed by atoms with Gasteiger partial charge in [0.05, 0.1) is 18.9 Å². The fourth-order valence-corrected chi connectivity index (χ4v) is 4.66. The van der Waals surface area contributed by atoms with Crippen molar-refractivity contribution in [1.29, 1.82) is 0 Å². The van der Waals surface area contributed by atoms with Crippen LogP contribution in [-0.2, 0) is 22.2 Å². The molecule has 0 unspecified atom stereocenters. The number of azide groups is 1. The van der Waals surface area contributed by atoms with Crippen LogP contribution in [0.15, 0.2) is 21.6 Å². The van der Waals surface area contributed by atoms with Crippen LogP contribution in [0.1, 0.15) is 59.6 Å². The van der Waals surface area contributed by atoms with Gasteiger partial charge in [-0.05, 0) is 63.5 Å². The molecule has 0 saturated carbocycles. The first-order valence-electron chi connectivity index (χ1n) is 10.7. The molecular weight excluding hydrogens is 447 g/mol. The van der Waals surface area contributed by atoms with Crippen molar-refractivity contribution in [2.24, 2.45) is 9.51 Å². The molecular formula is C22H35FN4O3SSi. The number of ether oxygens (including phenoxy) is 1. The highest BCUT2D eigenvalue weighted by Crippen LogP contribution is 2.42. The largest absolute Gasteiger partial charge is 0.591 e. The summed E-state index contributed by atoms with van der Waals surface area (Å²) in [5.41, 5.74) is 9.54. The zero-order valence-corrected chi connectivity index (χ0v) is 22.4. The first-order chi connectivity index (χ1) is 14.5. The van der Waals surface area contributed by atoms with E-state index in [4.69, 9.17) is 14.7 Å². The average Bonchev–Trinajstić information content (AvgIpc) is 3.01. The number of hydrogen-bond acceptors (Lipinski definition) is 5. The van der Waals surface area contributed by atoms with Crippen molar-refractivity contribution in [3.63, 3.8) is 0 Å². The Morgan fingerprint density at radius 3 is 2.47 bits per heavy atom. The predicted octanol–water partition coefficient (Wildman–Crippen LogP) is 6.10. The van der Waals surface area contributed by atoms with Crippen LogP contribution in [0.2, 0.25) is 18.1 Å². The minimum atomic E-state index is -2.10. The van der Waals surface area contributed by atoms with Gasteiger partial charge < -0.3 is 13.7 Å². The quantitative estimate of drug-likeness (QED) is 0.117. The average molecular weight is 483 g/mol. The fourth-order valence-electron chi connectivity index (χ4n) is 2.98. The van der Waals surface area contributed by atoms with Gasteiger partial charge in [0.15, 0.2) is 8.32 Å². The Kier molecular flexibility index (Phi) is 7.79. The Bertz CT molecular complexity index is 936. The molecule has 1 heterocycles. The van der Waals surface area contributed by atoms with Gasteiger partial charge in [-0.1, -0.05) is 30.3 Å². The number of nitrogens with zero attached hydrogens (tertiary/aromatic N) is 4. The van der Waals surface area contributed by atoms with E-state index in [0.717, 1.165) is 0 Å². The van der Waals surface area contributed by atoms with Gasteiger partial charge in [-0.15, -0.1) is 0 Å². The van der Waals surface area contributed by atoms with Crippen molar-refractivity contribution in [2.75, 3.05) is 13.2 Å². The van der Waals surface area contributed by atoms with E-state index in [2.05, 4.69) is 48.3 Å². The lowest BCUT2D eigenvalue weighted by atomic mass is 9.97. The van der Waals surface area contributed by atoms with Crippen molar-refractivity contribution >= 4 is 25.4 Å². The third kappa shape index (κ3) is 6.05. The Morgan fingerprint density at radius 2 is 1.94 bits per heavy atom. The molecule has 0 bridgehead atoms. The summed E-state index contributed by atoms with van der Waals surface area (Å²) in [6, 6.07) is 2.77. The lowest BCUT2D eigenvalue weighted by Gasteiger charge is -2.39. The molecule has 1 aromatic rings. The van der Waals surface area contributed by atoms with Crippen LogP contribution in [0, 0.1) is 5.82 Å². The van der Waals surface area contributed by atoms with Gasteiger partial charge in [0.2, 0.25) is 0 Å². The molecule has 1 aromatic carbocycles. The zero-order valence-electron chi connectivity index (χ0n) is 20.6. The van der Waals surface area contributed by atoms with Gasteiger partial charge in [-0.2, -0.15) is 0 Å². The summed E-state index contributed by atoms with van der Waals surface area (Å²) in [5, 5.41) is 3.76. The third-order valence-corrected chi connectivity index (χ3v) is 12.0. The molecule has 0 N–H and O–H groups in total. The first-order valence-corrected chi connectivity index (χ1v) is 14.7. The van der Waals surface area contributed by atoms with Crippen molar-refractivity contribution in [3.8, 4) is 5.75 Å². The second-order valence-corrected chi connectivity index (χ2v) is 17.6. The minimum Gasteiger partial charge on any atom is -0.591 e. The van der Waals surface area contributed by atoms with Crippen LogP contribution in [0.3, 0.4) is 0 Å². The van der Waals surface area contributed by atoms with E-state index in [1.165, 1.54) is 12.1 Å². The van der Waals surface area contributed by atoms with Crippen LogP contribution in [0.5, 0.6) is 5.75 Å². The molecule has 7 nitrogen and oxygen atoms in total. The molecule has 0 spiro atoms. The van der Waals surface area contributed by atoms with E-state index in [0.29, 0.717) is 29.0 Å². The zero-order chi connectivity index (χ0) is 24.5. The van der Waals surface area contributed by atoms with E-state index >= 15 is 0 Å². The summed E-state index contributed by atoms with van der Waals surface area (Å²) < 4.78 is 43.6. The number of benzene rings is 1. The molecule has 0 aliphatic carbocycles. The molecule has 32 heavy (non-hydrogen) atoms. The SMILES string of the molecule is CC(=N[S@+]([O-])C(C)(C)C)c1cc(F)cc2c1O[C@](CN=[N+]=[N-])(CO[Si](C)(C)C(C)(C)C)C2. The Hall–Kier alpha value is -1.58. The molecule has 2 atom stereocenters. The number of halogens is 1. The second-order valence-electron chi connectivity index (χ2n) is 10.9. The van der Waals surface area contributed by atoms with E-state index < -0.39 is 35.8 Å². The Morgan fingerprint density at radius 1 is 1.31 bits per heavy atom. The Labute approximate surface area is 194 Å². The van der Waals surface area contributed by atoms with Crippen LogP contribution in [-0.4, -0.2) is 42.1 Å². The highest BCUT2D eigenvalue weighted by atomic mass is 32.2. The van der Waals surface area contributed by atoms with Gasteiger partial charge in [-0.25, -0.2) is 4.39 Å². The maximum absolute atomic E-state index is 14.5. The number of rotatable bonds is 7. The molecule has 0 radical (unpaired) electrons. The van der Waals surface area contributed by atoms with Crippen molar-refractivity contribution in [2.45, 2.75) is 83.4 Å². The lowest BCUT2D eigenvalue weighted by molar-refractivity contribution is 0.0408. The van der Waals surface area contributed by atoms with Crippen molar-refractivity contribution in [1.82, 2.24) is 0 Å². The summed E-state index contributed by atoms with van der Waals surface area (Å²) in [7, 11) is -2.10. The molecule has 2 rings (SSSR count). The van der Waals surface area contributed by atoms with Crippen LogP contribution < -0.4 is 4.74 Å². The highest BCUT2D eigenvalue weighted by molar-refractivity contribution is 7.91. The van der Waals surface area contributed by atoms with E-state index in [-0.39, 0.29) is 18.2 Å². The highest BCUT2D eigenvalue weighted by Gasteiger charge is 2.45. The maximum Gasteiger partial charge on any atom is 0.192 e. The monoisotopic (exact) mass is 482 g/mol. The third-order valence-electron chi connectivity index (χ3n) is 6.02. The summed E-state index contributed by atoms with van der Waals surface area (Å²) in [6.45, 7) is 18.2. The van der Waals surface area contributed by atoms with Gasteiger partial charge in [0, 0.05) is 22.5 Å². The van der Waals surface area contributed by atoms with Gasteiger partial charge >= 0.3 is 0 Å². The fraction of sp³-hybridized carbons (Fsp3) is 0.682. The Balaban J connectivity index is 2.45. The van der Waals surface area contributed by atoms with Gasteiger partial charge in [0.25, 0.3) is 0 Å². The van der Waals surface area contributed by atoms with Crippen LogP contribution in [0.25, 0.3) is 10.4 Å². The standard InChI is InChI=1S/C22H35FN4O3SSi/c1-15(26-31(28)20(2,3)4)18-11-17(23)10-16-12-22(13-25-27-24,30-19(16)18)14-29-32(8,9)21(5,6)7/h10-11H,12-14H2,1-9H3/t22-,31-/m1/s1. The number of hydrogen-bond donors (Lipinski definition) is 0. The van der Waals surface area contributed by atoms with E-state index in [9.17, 15) is 8.94 Å². The molecule has 0 fully saturated rings. The second kappa shape index (κ2) is 9.35. The van der Waals surface area contributed by atoms with Gasteiger partial charge in [-0.3, -0.25) is 0 Å². The van der Waals surface area contributed by atoms with Gasteiger partial charge in [0.1, 0.15) is 33.3 Å². The smallest absolute Gasteiger partial charge is 0.192 e. The summed E-state index contributed by atoms with van der Waals surface area (Å²) in [4.78, 5) is 2.90. The molecule has 0 saturated heterocycles. The molecule has 0 aromatic heterocycles.